The fraction of sp³-hybridized carbons (Fsp3) is 0.200. The van der Waals surface area contributed by atoms with Crippen LogP contribution in [-0.4, -0.2) is 21.7 Å². The monoisotopic (exact) mass is 329 g/mol. The first kappa shape index (κ1) is 14.3. The molecule has 0 fully saturated rings. The number of Topliss-reactive ketones (excluding diaryl/α,β-unsaturated/α-hetero) is 1. The molecular weight excluding hydrogens is 314 g/mol. The highest BCUT2D eigenvalue weighted by Gasteiger charge is 2.51. The second-order valence-corrected chi connectivity index (χ2v) is 6.86. The van der Waals surface area contributed by atoms with Crippen LogP contribution in [0.1, 0.15) is 34.1 Å². The molecule has 5 heteroatoms. The Balaban J connectivity index is 1.66. The number of hydrogen-bond acceptors (Lipinski definition) is 4. The Bertz CT molecular complexity index is 1090. The molecule has 3 heterocycles. The normalized spacial score (nSPS) is 20.6. The van der Waals surface area contributed by atoms with Gasteiger partial charge in [0.15, 0.2) is 5.78 Å². The number of ketones is 1. The molecule has 0 unspecified atom stereocenters. The van der Waals surface area contributed by atoms with Gasteiger partial charge in [-0.25, -0.2) is 9.97 Å². The number of carbonyl (C=O) groups excluding carboxylic acids is 2. The number of hydrogen-bond donors (Lipinski definition) is 1. The number of nitrogens with zero attached hydrogens (tertiary/aromatic N) is 2. The molecule has 0 saturated carbocycles. The highest BCUT2D eigenvalue weighted by molar-refractivity contribution is 6.06. The van der Waals surface area contributed by atoms with Crippen molar-refractivity contribution in [3.05, 3.63) is 65.0 Å². The second kappa shape index (κ2) is 4.72. The summed E-state index contributed by atoms with van der Waals surface area (Å²) in [6, 6.07) is 11.7. The first-order valence-electron chi connectivity index (χ1n) is 8.27. The first-order chi connectivity index (χ1) is 12.1. The van der Waals surface area contributed by atoms with Crippen LogP contribution in [0.25, 0.3) is 10.9 Å². The summed E-state index contributed by atoms with van der Waals surface area (Å²) in [5.41, 5.74) is 3.94. The number of anilines is 1. The van der Waals surface area contributed by atoms with Crippen LogP contribution in [0.2, 0.25) is 0 Å². The number of fused-ring (bicyclic) bond motifs is 4. The molecule has 1 aliphatic heterocycles. The lowest BCUT2D eigenvalue weighted by atomic mass is 9.79. The maximum absolute atomic E-state index is 12.7. The molecule has 0 bridgehead atoms. The Morgan fingerprint density at radius 1 is 1.16 bits per heavy atom. The average Bonchev–Trinajstić information content (AvgIpc) is 3.10. The van der Waals surface area contributed by atoms with Crippen molar-refractivity contribution in [2.24, 2.45) is 0 Å². The van der Waals surface area contributed by atoms with Gasteiger partial charge in [-0.05, 0) is 48.2 Å². The molecule has 122 valence electrons. The Hall–Kier alpha value is -3.08. The van der Waals surface area contributed by atoms with Crippen molar-refractivity contribution in [3.8, 4) is 0 Å². The summed E-state index contributed by atoms with van der Waals surface area (Å²) in [6.07, 6.45) is 2.99. The lowest BCUT2D eigenvalue weighted by molar-refractivity contribution is -0.120. The van der Waals surface area contributed by atoms with E-state index in [0.29, 0.717) is 24.4 Å². The number of amides is 1. The molecule has 2 aromatic heterocycles. The number of nitrogens with one attached hydrogen (secondary N) is 1. The van der Waals surface area contributed by atoms with E-state index in [1.54, 1.807) is 12.3 Å². The van der Waals surface area contributed by atoms with Gasteiger partial charge >= 0.3 is 0 Å². The highest BCUT2D eigenvalue weighted by atomic mass is 16.2. The summed E-state index contributed by atoms with van der Waals surface area (Å²) in [4.78, 5) is 33.1. The third kappa shape index (κ3) is 1.89. The van der Waals surface area contributed by atoms with Crippen LogP contribution >= 0.6 is 0 Å². The van der Waals surface area contributed by atoms with Gasteiger partial charge < -0.3 is 5.32 Å². The van der Waals surface area contributed by atoms with Gasteiger partial charge in [0.05, 0.1) is 10.9 Å². The molecule has 1 amide bonds. The van der Waals surface area contributed by atoms with Crippen LogP contribution in [0, 0.1) is 0 Å². The van der Waals surface area contributed by atoms with Crippen LogP contribution in [-0.2, 0) is 23.1 Å². The van der Waals surface area contributed by atoms with Gasteiger partial charge in [0, 0.05) is 24.1 Å². The SMILES string of the molecule is CC(=O)c1ccc2cc3c(cc2n1)C[C@]1(C3)C(=O)Nc2ncccc21. The average molecular weight is 329 g/mol. The summed E-state index contributed by atoms with van der Waals surface area (Å²) in [5, 5.41) is 3.91. The number of benzene rings is 1. The molecule has 0 saturated heterocycles. The minimum absolute atomic E-state index is 0.0128. The van der Waals surface area contributed by atoms with Crippen LogP contribution < -0.4 is 5.32 Å². The van der Waals surface area contributed by atoms with Crippen molar-refractivity contribution in [1.29, 1.82) is 0 Å². The molecule has 1 aromatic carbocycles. The van der Waals surface area contributed by atoms with Crippen LogP contribution in [0.5, 0.6) is 0 Å². The molecule has 1 N–H and O–H groups in total. The van der Waals surface area contributed by atoms with Crippen molar-refractivity contribution in [1.82, 2.24) is 9.97 Å². The van der Waals surface area contributed by atoms with E-state index in [1.807, 2.05) is 24.3 Å². The third-order valence-corrected chi connectivity index (χ3v) is 5.35. The van der Waals surface area contributed by atoms with E-state index in [1.165, 1.54) is 6.92 Å². The maximum atomic E-state index is 12.7. The Labute approximate surface area is 144 Å². The predicted octanol–water partition coefficient (Wildman–Crippen LogP) is 2.82. The summed E-state index contributed by atoms with van der Waals surface area (Å²) >= 11 is 0. The largest absolute Gasteiger partial charge is 0.310 e. The minimum Gasteiger partial charge on any atom is -0.310 e. The zero-order valence-corrected chi connectivity index (χ0v) is 13.7. The van der Waals surface area contributed by atoms with Crippen molar-refractivity contribution >= 4 is 28.4 Å². The van der Waals surface area contributed by atoms with Gasteiger partial charge in [0.2, 0.25) is 5.91 Å². The van der Waals surface area contributed by atoms with E-state index in [-0.39, 0.29) is 11.7 Å². The lowest BCUT2D eigenvalue weighted by Crippen LogP contribution is -2.35. The molecule has 25 heavy (non-hydrogen) atoms. The molecule has 1 aliphatic carbocycles. The second-order valence-electron chi connectivity index (χ2n) is 6.86. The molecule has 2 aliphatic rings. The number of carbonyl (C=O) groups is 2. The number of aromatic nitrogens is 2. The van der Waals surface area contributed by atoms with Gasteiger partial charge in [-0.2, -0.15) is 0 Å². The predicted molar refractivity (Wildman–Crippen MR) is 93.7 cm³/mol. The van der Waals surface area contributed by atoms with E-state index in [4.69, 9.17) is 0 Å². The standard InChI is InChI=1S/C20H15N3O2/c1-11(24)16-5-4-12-7-13-9-20(10-14(13)8-17(12)22-16)15-3-2-6-21-18(15)23-19(20)25/h2-8H,9-10H2,1H3,(H,21,23,25)/t20-/m0/s1. The van der Waals surface area contributed by atoms with Gasteiger partial charge in [-0.15, -0.1) is 0 Å². The minimum atomic E-state index is -0.577. The zero-order valence-electron chi connectivity index (χ0n) is 13.7. The molecule has 0 radical (unpaired) electrons. The summed E-state index contributed by atoms with van der Waals surface area (Å²) in [6.45, 7) is 1.52. The zero-order chi connectivity index (χ0) is 17.2. The Kier molecular flexibility index (Phi) is 2.70. The van der Waals surface area contributed by atoms with Crippen LogP contribution in [0.3, 0.4) is 0 Å². The topological polar surface area (TPSA) is 72.0 Å². The van der Waals surface area contributed by atoms with E-state index >= 15 is 0 Å². The quantitative estimate of drug-likeness (QED) is 0.697. The molecule has 1 spiro atoms. The molecule has 3 aromatic rings. The smallest absolute Gasteiger partial charge is 0.237 e. The van der Waals surface area contributed by atoms with E-state index in [0.717, 1.165) is 27.6 Å². The van der Waals surface area contributed by atoms with E-state index < -0.39 is 5.41 Å². The Morgan fingerprint density at radius 2 is 1.96 bits per heavy atom. The van der Waals surface area contributed by atoms with Gasteiger partial charge in [0.25, 0.3) is 0 Å². The molecule has 1 atom stereocenters. The number of pyridine rings is 2. The van der Waals surface area contributed by atoms with Crippen LogP contribution in [0.4, 0.5) is 5.82 Å². The fourth-order valence-electron chi connectivity index (χ4n) is 4.09. The van der Waals surface area contributed by atoms with E-state index in [9.17, 15) is 9.59 Å². The highest BCUT2D eigenvalue weighted by Crippen LogP contribution is 2.47. The molecule has 5 nitrogen and oxygen atoms in total. The first-order valence-corrected chi connectivity index (χ1v) is 8.27. The van der Waals surface area contributed by atoms with Crippen molar-refractivity contribution < 1.29 is 9.59 Å². The van der Waals surface area contributed by atoms with Gasteiger partial charge in [0.1, 0.15) is 11.5 Å². The van der Waals surface area contributed by atoms with Crippen molar-refractivity contribution in [3.63, 3.8) is 0 Å². The maximum Gasteiger partial charge on any atom is 0.237 e. The summed E-state index contributed by atoms with van der Waals surface area (Å²) in [5.74, 6) is 0.634. The molecule has 5 rings (SSSR count). The van der Waals surface area contributed by atoms with Gasteiger partial charge in [-0.3, -0.25) is 9.59 Å². The van der Waals surface area contributed by atoms with Crippen molar-refractivity contribution in [2.75, 3.05) is 5.32 Å². The van der Waals surface area contributed by atoms with Gasteiger partial charge in [-0.1, -0.05) is 12.1 Å². The van der Waals surface area contributed by atoms with Crippen LogP contribution in [0.15, 0.2) is 42.6 Å². The Morgan fingerprint density at radius 3 is 2.76 bits per heavy atom. The molecular formula is C20H15N3O2. The summed E-state index contributed by atoms with van der Waals surface area (Å²) in [7, 11) is 0. The fourth-order valence-corrected chi connectivity index (χ4v) is 4.09. The summed E-state index contributed by atoms with van der Waals surface area (Å²) < 4.78 is 0. The van der Waals surface area contributed by atoms with Crippen molar-refractivity contribution in [2.45, 2.75) is 25.2 Å². The van der Waals surface area contributed by atoms with E-state index in [2.05, 4.69) is 21.4 Å². The lowest BCUT2D eigenvalue weighted by Gasteiger charge is -2.20. The third-order valence-electron chi connectivity index (χ3n) is 5.35. The number of rotatable bonds is 1.